The molecule has 0 N–H and O–H groups in total. The van der Waals surface area contributed by atoms with Gasteiger partial charge in [0.25, 0.3) is 0 Å². The molecule has 0 aliphatic heterocycles. The maximum Gasteiger partial charge on any atom is 0.165 e. The number of hydrogen-bond donors (Lipinski definition) is 0. The van der Waals surface area contributed by atoms with E-state index in [1.807, 2.05) is 0 Å². The molecule has 0 aliphatic carbocycles. The maximum atomic E-state index is 13.4. The van der Waals surface area contributed by atoms with Crippen LogP contribution in [0.3, 0.4) is 0 Å². The summed E-state index contributed by atoms with van der Waals surface area (Å²) in [6.45, 7) is 0.210. The van der Waals surface area contributed by atoms with Crippen LogP contribution >= 0.6 is 0 Å². The van der Waals surface area contributed by atoms with Crippen molar-refractivity contribution in [1.29, 1.82) is 0 Å². The van der Waals surface area contributed by atoms with Crippen LogP contribution in [0, 0.1) is 5.82 Å². The summed E-state index contributed by atoms with van der Waals surface area (Å²) in [6.07, 6.45) is 0. The number of ether oxygens (including phenoxy) is 3. The molecule has 2 aromatic rings. The van der Waals surface area contributed by atoms with Crippen molar-refractivity contribution in [3.05, 3.63) is 53.8 Å². The summed E-state index contributed by atoms with van der Waals surface area (Å²) in [5.41, 5.74) is 0.796. The second kappa shape index (κ2) is 6.09. The Hall–Kier alpha value is -2.23. The zero-order valence-electron chi connectivity index (χ0n) is 10.9. The maximum absolute atomic E-state index is 13.4. The molecule has 0 saturated carbocycles. The minimum Gasteiger partial charge on any atom is -0.497 e. The molecule has 3 nitrogen and oxygen atoms in total. The lowest BCUT2D eigenvalue weighted by atomic mass is 10.2. The fraction of sp³-hybridized carbons (Fsp3) is 0.200. The Morgan fingerprint density at radius 2 is 1.74 bits per heavy atom. The molecule has 0 spiro atoms. The van der Waals surface area contributed by atoms with Crippen molar-refractivity contribution in [2.24, 2.45) is 0 Å². The molecule has 100 valence electrons. The molecule has 2 rings (SSSR count). The first-order valence-corrected chi connectivity index (χ1v) is 5.83. The van der Waals surface area contributed by atoms with Crippen LogP contribution in [-0.4, -0.2) is 14.2 Å². The Morgan fingerprint density at radius 3 is 2.42 bits per heavy atom. The number of rotatable bonds is 5. The summed E-state index contributed by atoms with van der Waals surface area (Å²) in [4.78, 5) is 0. The topological polar surface area (TPSA) is 27.7 Å². The fourth-order valence-electron chi connectivity index (χ4n) is 1.71. The van der Waals surface area contributed by atoms with E-state index < -0.39 is 0 Å². The zero-order valence-corrected chi connectivity index (χ0v) is 10.9. The van der Waals surface area contributed by atoms with E-state index in [0.717, 1.165) is 5.56 Å². The van der Waals surface area contributed by atoms with E-state index in [1.54, 1.807) is 50.6 Å². The number of para-hydroxylation sites is 1. The molecule has 0 fully saturated rings. The molecule has 2 aromatic carbocycles. The first kappa shape index (κ1) is 13.2. The van der Waals surface area contributed by atoms with Crippen molar-refractivity contribution >= 4 is 0 Å². The van der Waals surface area contributed by atoms with Crippen LogP contribution in [0.2, 0.25) is 0 Å². The van der Waals surface area contributed by atoms with Crippen molar-refractivity contribution in [3.8, 4) is 17.2 Å². The van der Waals surface area contributed by atoms with E-state index in [2.05, 4.69) is 0 Å². The van der Waals surface area contributed by atoms with Gasteiger partial charge in [-0.15, -0.1) is 0 Å². The molecule has 0 bridgehead atoms. The molecule has 0 radical (unpaired) electrons. The van der Waals surface area contributed by atoms with Gasteiger partial charge in [-0.2, -0.15) is 0 Å². The van der Waals surface area contributed by atoms with Crippen molar-refractivity contribution in [2.75, 3.05) is 14.2 Å². The van der Waals surface area contributed by atoms with Crippen LogP contribution < -0.4 is 14.2 Å². The fourth-order valence-corrected chi connectivity index (χ4v) is 1.71. The first-order valence-electron chi connectivity index (χ1n) is 5.83. The lowest BCUT2D eigenvalue weighted by Gasteiger charge is -2.12. The Labute approximate surface area is 111 Å². The average molecular weight is 262 g/mol. The Bertz CT molecular complexity index is 555. The van der Waals surface area contributed by atoms with Crippen molar-refractivity contribution < 1.29 is 18.6 Å². The van der Waals surface area contributed by atoms with E-state index in [0.29, 0.717) is 11.5 Å². The van der Waals surface area contributed by atoms with Crippen LogP contribution in [-0.2, 0) is 6.61 Å². The lowest BCUT2D eigenvalue weighted by Crippen LogP contribution is -2.00. The monoisotopic (exact) mass is 262 g/mol. The molecule has 0 saturated heterocycles. The van der Waals surface area contributed by atoms with Crippen molar-refractivity contribution in [1.82, 2.24) is 0 Å². The van der Waals surface area contributed by atoms with Gasteiger partial charge in [0.2, 0.25) is 0 Å². The van der Waals surface area contributed by atoms with Crippen LogP contribution in [0.15, 0.2) is 42.5 Å². The molecule has 0 heterocycles. The van der Waals surface area contributed by atoms with Crippen LogP contribution in [0.1, 0.15) is 5.56 Å². The van der Waals surface area contributed by atoms with Gasteiger partial charge in [0.1, 0.15) is 18.1 Å². The van der Waals surface area contributed by atoms with Gasteiger partial charge in [0, 0.05) is 5.56 Å². The molecule has 0 aliphatic rings. The van der Waals surface area contributed by atoms with Gasteiger partial charge in [-0.1, -0.05) is 12.1 Å². The Balaban J connectivity index is 2.16. The molecule has 0 unspecified atom stereocenters. The van der Waals surface area contributed by atoms with Gasteiger partial charge in [-0.25, -0.2) is 4.39 Å². The van der Waals surface area contributed by atoms with Gasteiger partial charge in [-0.05, 0) is 30.3 Å². The zero-order chi connectivity index (χ0) is 13.7. The van der Waals surface area contributed by atoms with E-state index in [9.17, 15) is 4.39 Å². The molecular weight excluding hydrogens is 247 g/mol. The van der Waals surface area contributed by atoms with E-state index in [4.69, 9.17) is 14.2 Å². The second-order valence-corrected chi connectivity index (χ2v) is 3.90. The molecular formula is C15H15FO3. The third kappa shape index (κ3) is 3.16. The van der Waals surface area contributed by atoms with Crippen molar-refractivity contribution in [3.63, 3.8) is 0 Å². The smallest absolute Gasteiger partial charge is 0.165 e. The summed E-state index contributed by atoms with van der Waals surface area (Å²) in [7, 11) is 3.16. The third-order valence-electron chi connectivity index (χ3n) is 2.71. The largest absolute Gasteiger partial charge is 0.497 e. The Kier molecular flexibility index (Phi) is 4.23. The van der Waals surface area contributed by atoms with Gasteiger partial charge in [-0.3, -0.25) is 0 Å². The minimum atomic E-state index is -0.385. The molecule has 19 heavy (non-hydrogen) atoms. The number of methoxy groups -OCH3 is 2. The normalized spacial score (nSPS) is 10.1. The second-order valence-electron chi connectivity index (χ2n) is 3.90. The van der Waals surface area contributed by atoms with Crippen LogP contribution in [0.5, 0.6) is 17.2 Å². The first-order chi connectivity index (χ1) is 9.24. The predicted octanol–water partition coefficient (Wildman–Crippen LogP) is 3.42. The standard InChI is InChI=1S/C15H15FO3/c1-17-12-7-8-14(18-2)11(9-12)10-19-15-6-4-3-5-13(15)16/h3-9H,10H2,1-2H3. The van der Waals surface area contributed by atoms with Gasteiger partial charge < -0.3 is 14.2 Å². The van der Waals surface area contributed by atoms with Gasteiger partial charge in [0.05, 0.1) is 14.2 Å². The summed E-state index contributed by atoms with van der Waals surface area (Å²) >= 11 is 0. The Morgan fingerprint density at radius 1 is 0.947 bits per heavy atom. The molecule has 0 amide bonds. The minimum absolute atomic E-state index is 0.210. The number of hydrogen-bond acceptors (Lipinski definition) is 3. The molecule has 4 heteroatoms. The highest BCUT2D eigenvalue weighted by Gasteiger charge is 2.07. The third-order valence-corrected chi connectivity index (χ3v) is 2.71. The SMILES string of the molecule is COc1ccc(OC)c(COc2ccccc2F)c1. The summed E-state index contributed by atoms with van der Waals surface area (Å²) in [6, 6.07) is 11.7. The average Bonchev–Trinajstić information content (AvgIpc) is 2.46. The summed E-state index contributed by atoms with van der Waals surface area (Å²) in [5.74, 6) is 1.21. The van der Waals surface area contributed by atoms with Crippen LogP contribution in [0.4, 0.5) is 4.39 Å². The van der Waals surface area contributed by atoms with Gasteiger partial charge in [0.15, 0.2) is 11.6 Å². The summed E-state index contributed by atoms with van der Waals surface area (Å²) in [5, 5.41) is 0. The van der Waals surface area contributed by atoms with Crippen molar-refractivity contribution in [2.45, 2.75) is 6.61 Å². The molecule has 0 atom stereocenters. The van der Waals surface area contributed by atoms with Gasteiger partial charge >= 0.3 is 0 Å². The quantitative estimate of drug-likeness (QED) is 0.826. The highest BCUT2D eigenvalue weighted by atomic mass is 19.1. The van der Waals surface area contributed by atoms with Crippen LogP contribution in [0.25, 0.3) is 0 Å². The highest BCUT2D eigenvalue weighted by Crippen LogP contribution is 2.26. The number of halogens is 1. The van der Waals surface area contributed by atoms with E-state index in [1.165, 1.54) is 6.07 Å². The predicted molar refractivity (Wildman–Crippen MR) is 70.3 cm³/mol. The summed E-state index contributed by atoms with van der Waals surface area (Å²) < 4.78 is 29.3. The van der Waals surface area contributed by atoms with E-state index in [-0.39, 0.29) is 18.2 Å². The molecule has 0 aromatic heterocycles. The van der Waals surface area contributed by atoms with E-state index >= 15 is 0 Å². The lowest BCUT2D eigenvalue weighted by molar-refractivity contribution is 0.281. The number of benzene rings is 2. The highest BCUT2D eigenvalue weighted by molar-refractivity contribution is 5.40.